The van der Waals surface area contributed by atoms with Crippen LogP contribution in [-0.4, -0.2) is 46.2 Å². The summed E-state index contributed by atoms with van der Waals surface area (Å²) in [5, 5.41) is 14.6. The summed E-state index contributed by atoms with van der Waals surface area (Å²) in [4.78, 5) is 4.22. The van der Waals surface area contributed by atoms with Gasteiger partial charge in [0.05, 0.1) is 23.9 Å². The monoisotopic (exact) mass is 316 g/mol. The number of hydrogen-bond acceptors (Lipinski definition) is 6. The summed E-state index contributed by atoms with van der Waals surface area (Å²) in [6, 6.07) is 0. The maximum atomic E-state index is 12.3. The van der Waals surface area contributed by atoms with Crippen molar-refractivity contribution < 1.29 is 13.5 Å². The number of aryl methyl sites for hydroxylation is 1. The van der Waals surface area contributed by atoms with Gasteiger partial charge in [0.25, 0.3) is 0 Å². The Morgan fingerprint density at radius 3 is 2.95 bits per heavy atom. The van der Waals surface area contributed by atoms with Gasteiger partial charge in [-0.05, 0) is 6.42 Å². The molecule has 0 radical (unpaired) electrons. The highest BCUT2D eigenvalue weighted by Gasteiger charge is 2.23. The van der Waals surface area contributed by atoms with Crippen LogP contribution in [0, 0.1) is 0 Å². The number of thiazole rings is 1. The van der Waals surface area contributed by atoms with E-state index in [0.29, 0.717) is 18.7 Å². The number of hydrogen-bond donors (Lipinski definition) is 1. The molecule has 1 N–H and O–H groups in total. The summed E-state index contributed by atoms with van der Waals surface area (Å²) in [5.41, 5.74) is 2.39. The van der Waals surface area contributed by atoms with Crippen molar-refractivity contribution in [2.75, 3.05) is 13.7 Å². The molecule has 2 aromatic heterocycles. The first-order valence-corrected chi connectivity index (χ1v) is 8.39. The molecule has 9 heteroatoms. The summed E-state index contributed by atoms with van der Waals surface area (Å²) >= 11 is 1.43. The van der Waals surface area contributed by atoms with Crippen LogP contribution in [0.4, 0.5) is 0 Å². The molecule has 0 aliphatic rings. The molecule has 0 atom stereocenters. The number of sulfonamides is 1. The maximum absolute atomic E-state index is 12.3. The van der Waals surface area contributed by atoms with Crippen molar-refractivity contribution in [3.8, 4) is 0 Å². The standard InChI is InChI=1S/C11H16N4O3S2/c1-14(6-10-8-19-9-12-10)20(17,18)11-5-13-15(7-11)3-2-4-16/h5,7-9,16H,2-4,6H2,1H3. The minimum absolute atomic E-state index is 0.0473. The molecule has 110 valence electrons. The molecule has 0 unspecified atom stereocenters. The van der Waals surface area contributed by atoms with E-state index in [-0.39, 0.29) is 18.0 Å². The van der Waals surface area contributed by atoms with Gasteiger partial charge in [-0.15, -0.1) is 11.3 Å². The number of aliphatic hydroxyl groups is 1. The zero-order valence-corrected chi connectivity index (χ0v) is 12.6. The van der Waals surface area contributed by atoms with Gasteiger partial charge in [0.15, 0.2) is 0 Å². The predicted molar refractivity (Wildman–Crippen MR) is 74.7 cm³/mol. The Balaban J connectivity index is 2.10. The smallest absolute Gasteiger partial charge is 0.246 e. The first-order valence-electron chi connectivity index (χ1n) is 6.01. The minimum atomic E-state index is -3.57. The van der Waals surface area contributed by atoms with Crippen molar-refractivity contribution in [2.24, 2.45) is 0 Å². The molecule has 2 rings (SSSR count). The van der Waals surface area contributed by atoms with Gasteiger partial charge in [-0.3, -0.25) is 4.68 Å². The molecule has 0 aliphatic carbocycles. The van der Waals surface area contributed by atoms with Crippen molar-refractivity contribution in [1.82, 2.24) is 19.1 Å². The lowest BCUT2D eigenvalue weighted by molar-refractivity contribution is 0.277. The fourth-order valence-corrected chi connectivity index (χ4v) is 3.29. The lowest BCUT2D eigenvalue weighted by Gasteiger charge is -2.14. The van der Waals surface area contributed by atoms with Crippen molar-refractivity contribution in [3.05, 3.63) is 29.0 Å². The Morgan fingerprint density at radius 1 is 1.50 bits per heavy atom. The van der Waals surface area contributed by atoms with E-state index < -0.39 is 10.0 Å². The second-order valence-electron chi connectivity index (χ2n) is 4.26. The van der Waals surface area contributed by atoms with E-state index in [1.807, 2.05) is 5.38 Å². The second kappa shape index (κ2) is 6.44. The summed E-state index contributed by atoms with van der Waals surface area (Å²) in [6.45, 7) is 0.765. The first kappa shape index (κ1) is 15.1. The van der Waals surface area contributed by atoms with Crippen LogP contribution in [0.15, 0.2) is 28.2 Å². The van der Waals surface area contributed by atoms with Gasteiger partial charge in [-0.25, -0.2) is 13.4 Å². The third kappa shape index (κ3) is 3.42. The molecule has 0 saturated carbocycles. The zero-order valence-electron chi connectivity index (χ0n) is 11.0. The topological polar surface area (TPSA) is 88.3 Å². The molecule has 0 spiro atoms. The lowest BCUT2D eigenvalue weighted by Crippen LogP contribution is -2.26. The Labute approximate surface area is 121 Å². The fraction of sp³-hybridized carbons (Fsp3) is 0.455. The quantitative estimate of drug-likeness (QED) is 0.805. The van der Waals surface area contributed by atoms with Crippen LogP contribution in [0.2, 0.25) is 0 Å². The van der Waals surface area contributed by atoms with Crippen LogP contribution < -0.4 is 0 Å². The molecule has 0 saturated heterocycles. The van der Waals surface area contributed by atoms with Gasteiger partial charge in [0.2, 0.25) is 10.0 Å². The molecule has 2 heterocycles. The molecule has 7 nitrogen and oxygen atoms in total. The Morgan fingerprint density at radius 2 is 2.30 bits per heavy atom. The highest BCUT2D eigenvalue weighted by Crippen LogP contribution is 2.16. The summed E-state index contributed by atoms with van der Waals surface area (Å²) in [5.74, 6) is 0. The van der Waals surface area contributed by atoms with Crippen molar-refractivity contribution in [1.29, 1.82) is 0 Å². The molecule has 0 aromatic carbocycles. The lowest BCUT2D eigenvalue weighted by atomic mass is 10.5. The normalized spacial score (nSPS) is 12.2. The van der Waals surface area contributed by atoms with E-state index >= 15 is 0 Å². The average molecular weight is 316 g/mol. The molecule has 2 aromatic rings. The van der Waals surface area contributed by atoms with Crippen LogP contribution >= 0.6 is 11.3 Å². The summed E-state index contributed by atoms with van der Waals surface area (Å²) in [7, 11) is -2.05. The molecule has 20 heavy (non-hydrogen) atoms. The van der Waals surface area contributed by atoms with Crippen molar-refractivity contribution in [2.45, 2.75) is 24.4 Å². The molecule has 0 aliphatic heterocycles. The van der Waals surface area contributed by atoms with E-state index in [4.69, 9.17) is 5.11 Å². The van der Waals surface area contributed by atoms with Crippen LogP contribution in [0.3, 0.4) is 0 Å². The largest absolute Gasteiger partial charge is 0.396 e. The minimum Gasteiger partial charge on any atom is -0.396 e. The number of rotatable bonds is 7. The zero-order chi connectivity index (χ0) is 14.6. The third-order valence-corrected chi connectivity index (χ3v) is 5.12. The molecule has 0 bridgehead atoms. The molecular formula is C11H16N4O3S2. The van der Waals surface area contributed by atoms with E-state index in [9.17, 15) is 8.42 Å². The van der Waals surface area contributed by atoms with Gasteiger partial charge in [-0.2, -0.15) is 9.40 Å². The molecule has 0 amide bonds. The Bertz CT molecular complexity index is 636. The molecular weight excluding hydrogens is 300 g/mol. The summed E-state index contributed by atoms with van der Waals surface area (Å²) in [6.07, 6.45) is 3.34. The third-order valence-electron chi connectivity index (χ3n) is 2.73. The van der Waals surface area contributed by atoms with Gasteiger partial charge in [-0.1, -0.05) is 0 Å². The number of aromatic nitrogens is 3. The van der Waals surface area contributed by atoms with E-state index in [0.717, 1.165) is 0 Å². The Hall–Kier alpha value is -1.29. The molecule has 0 fully saturated rings. The van der Waals surface area contributed by atoms with E-state index in [1.165, 1.54) is 39.8 Å². The van der Waals surface area contributed by atoms with E-state index in [2.05, 4.69) is 10.1 Å². The Kier molecular flexibility index (Phi) is 4.86. The average Bonchev–Trinajstić information content (AvgIpc) is 3.07. The van der Waals surface area contributed by atoms with Gasteiger partial charge in [0.1, 0.15) is 4.90 Å². The van der Waals surface area contributed by atoms with Crippen molar-refractivity contribution in [3.63, 3.8) is 0 Å². The number of aliphatic hydroxyl groups excluding tert-OH is 1. The highest BCUT2D eigenvalue weighted by molar-refractivity contribution is 7.89. The summed E-state index contributed by atoms with van der Waals surface area (Å²) < 4.78 is 27.4. The van der Waals surface area contributed by atoms with Gasteiger partial charge < -0.3 is 5.11 Å². The van der Waals surface area contributed by atoms with Gasteiger partial charge >= 0.3 is 0 Å². The van der Waals surface area contributed by atoms with Crippen LogP contribution in [-0.2, 0) is 23.1 Å². The second-order valence-corrected chi connectivity index (χ2v) is 7.02. The van der Waals surface area contributed by atoms with E-state index in [1.54, 1.807) is 5.51 Å². The highest BCUT2D eigenvalue weighted by atomic mass is 32.2. The maximum Gasteiger partial charge on any atom is 0.246 e. The van der Waals surface area contributed by atoms with Crippen molar-refractivity contribution >= 4 is 21.4 Å². The van der Waals surface area contributed by atoms with Crippen LogP contribution in [0.5, 0.6) is 0 Å². The number of nitrogens with zero attached hydrogens (tertiary/aromatic N) is 4. The predicted octanol–water partition coefficient (Wildman–Crippen LogP) is 0.543. The SMILES string of the molecule is CN(Cc1cscn1)S(=O)(=O)c1cnn(CCCO)c1. The first-order chi connectivity index (χ1) is 9.54. The van der Waals surface area contributed by atoms with Crippen LogP contribution in [0.25, 0.3) is 0 Å². The van der Waals surface area contributed by atoms with Gasteiger partial charge in [0, 0.05) is 31.8 Å². The fourth-order valence-electron chi connectivity index (χ4n) is 1.64. The van der Waals surface area contributed by atoms with Crippen LogP contribution in [0.1, 0.15) is 12.1 Å².